The first-order valence-electron chi connectivity index (χ1n) is 10.8. The zero-order valence-corrected chi connectivity index (χ0v) is 18.0. The van der Waals surface area contributed by atoms with E-state index < -0.39 is 0 Å². The van der Waals surface area contributed by atoms with Crippen molar-refractivity contribution in [3.05, 3.63) is 29.6 Å². The number of rotatable bonds is 3. The van der Waals surface area contributed by atoms with Gasteiger partial charge in [-0.05, 0) is 71.0 Å². The third-order valence-corrected chi connectivity index (χ3v) is 8.53. The number of aromatic amines is 1. The van der Waals surface area contributed by atoms with Crippen LogP contribution >= 0.6 is 0 Å². The van der Waals surface area contributed by atoms with Crippen LogP contribution in [-0.2, 0) is 0 Å². The molecule has 1 amide bonds. The third-order valence-electron chi connectivity index (χ3n) is 8.53. The second kappa shape index (κ2) is 5.40. The SMILES string of the molecule is CC1(C)C2C[C@H](NC(=O)c3cc4c(C5CC5)ccnc4[nH]3)C(C)(C)C1C2(C)C. The highest BCUT2D eigenvalue weighted by molar-refractivity contribution is 5.98. The van der Waals surface area contributed by atoms with Crippen LogP contribution in [0.3, 0.4) is 0 Å². The fourth-order valence-corrected chi connectivity index (χ4v) is 7.89. The van der Waals surface area contributed by atoms with E-state index >= 15 is 0 Å². The molecule has 6 rings (SSSR count). The van der Waals surface area contributed by atoms with Crippen LogP contribution in [-0.4, -0.2) is 21.9 Å². The lowest BCUT2D eigenvalue weighted by atomic mass is 9.30. The van der Waals surface area contributed by atoms with Crippen molar-refractivity contribution < 1.29 is 4.79 Å². The predicted molar refractivity (Wildman–Crippen MR) is 112 cm³/mol. The fraction of sp³-hybridized carbons (Fsp3) is 0.667. The molecule has 4 fully saturated rings. The Hall–Kier alpha value is -1.84. The van der Waals surface area contributed by atoms with Gasteiger partial charge in [-0.2, -0.15) is 0 Å². The molecule has 2 bridgehead atoms. The lowest BCUT2D eigenvalue weighted by Crippen LogP contribution is -2.73. The van der Waals surface area contributed by atoms with E-state index in [0.29, 0.717) is 34.3 Å². The molecule has 1 atom stereocenters. The quantitative estimate of drug-likeness (QED) is 0.763. The molecule has 0 saturated heterocycles. The Morgan fingerprint density at radius 2 is 1.79 bits per heavy atom. The molecule has 2 aromatic rings. The molecule has 150 valence electrons. The average Bonchev–Trinajstić information content (AvgIpc) is 3.32. The molecule has 0 aliphatic heterocycles. The van der Waals surface area contributed by atoms with E-state index in [1.165, 1.54) is 18.4 Å². The van der Waals surface area contributed by atoms with Crippen molar-refractivity contribution in [3.63, 3.8) is 0 Å². The smallest absolute Gasteiger partial charge is 0.268 e. The van der Waals surface area contributed by atoms with Gasteiger partial charge in [-0.1, -0.05) is 41.5 Å². The lowest BCUT2D eigenvalue weighted by Gasteiger charge is -2.75. The summed E-state index contributed by atoms with van der Waals surface area (Å²) in [4.78, 5) is 20.9. The number of fused-ring (bicyclic) bond motifs is 3. The summed E-state index contributed by atoms with van der Waals surface area (Å²) in [5.41, 5.74) is 3.58. The van der Waals surface area contributed by atoms with Crippen LogP contribution in [0.2, 0.25) is 0 Å². The van der Waals surface area contributed by atoms with Crippen molar-refractivity contribution >= 4 is 16.9 Å². The molecule has 28 heavy (non-hydrogen) atoms. The third kappa shape index (κ3) is 2.29. The number of carbonyl (C=O) groups is 1. The summed E-state index contributed by atoms with van der Waals surface area (Å²) in [7, 11) is 0. The largest absolute Gasteiger partial charge is 0.347 e. The topological polar surface area (TPSA) is 57.8 Å². The minimum Gasteiger partial charge on any atom is -0.347 e. The number of H-pyrrole nitrogens is 1. The molecule has 2 heterocycles. The number of hydrogen-bond donors (Lipinski definition) is 2. The molecule has 4 saturated carbocycles. The van der Waals surface area contributed by atoms with Gasteiger partial charge in [0.1, 0.15) is 11.3 Å². The summed E-state index contributed by atoms with van der Waals surface area (Å²) in [6, 6.07) is 4.33. The van der Waals surface area contributed by atoms with Gasteiger partial charge in [0.15, 0.2) is 0 Å². The van der Waals surface area contributed by atoms with E-state index in [9.17, 15) is 4.79 Å². The van der Waals surface area contributed by atoms with E-state index in [2.05, 4.69) is 62.9 Å². The van der Waals surface area contributed by atoms with Gasteiger partial charge in [0, 0.05) is 17.6 Å². The average molecular weight is 380 g/mol. The summed E-state index contributed by atoms with van der Waals surface area (Å²) >= 11 is 0. The number of aromatic nitrogens is 2. The molecule has 4 heteroatoms. The van der Waals surface area contributed by atoms with Gasteiger partial charge in [-0.3, -0.25) is 4.79 Å². The van der Waals surface area contributed by atoms with Gasteiger partial charge in [-0.15, -0.1) is 0 Å². The van der Waals surface area contributed by atoms with Crippen LogP contribution in [0, 0.1) is 28.1 Å². The number of hydrogen-bond acceptors (Lipinski definition) is 2. The molecule has 2 N–H and O–H groups in total. The van der Waals surface area contributed by atoms with E-state index in [1.807, 2.05) is 12.3 Å². The molecular weight excluding hydrogens is 346 g/mol. The van der Waals surface area contributed by atoms with Crippen molar-refractivity contribution in [1.82, 2.24) is 15.3 Å². The normalized spacial score (nSPS) is 32.0. The molecular formula is C24H33N3O. The van der Waals surface area contributed by atoms with Crippen molar-refractivity contribution in [2.24, 2.45) is 28.1 Å². The molecule has 4 nitrogen and oxygen atoms in total. The molecule has 0 aromatic carbocycles. The highest BCUT2D eigenvalue weighted by Crippen LogP contribution is 2.74. The Labute approximate surface area is 167 Å². The monoisotopic (exact) mass is 379 g/mol. The van der Waals surface area contributed by atoms with E-state index in [-0.39, 0.29) is 17.4 Å². The maximum absolute atomic E-state index is 13.1. The predicted octanol–water partition coefficient (Wildman–Crippen LogP) is 5.27. The minimum atomic E-state index is 0.00901. The second-order valence-electron chi connectivity index (χ2n) is 11.3. The Balaban J connectivity index is 1.41. The maximum atomic E-state index is 13.1. The summed E-state index contributed by atoms with van der Waals surface area (Å²) in [6.07, 6.45) is 5.41. The molecule has 0 unspecified atom stereocenters. The van der Waals surface area contributed by atoms with Gasteiger partial charge in [0.2, 0.25) is 0 Å². The first-order chi connectivity index (χ1) is 13.0. The molecule has 4 aliphatic carbocycles. The van der Waals surface area contributed by atoms with Crippen LogP contribution in [0.5, 0.6) is 0 Å². The second-order valence-corrected chi connectivity index (χ2v) is 11.3. The van der Waals surface area contributed by atoms with E-state index in [4.69, 9.17) is 0 Å². The number of amides is 1. The fourth-order valence-electron chi connectivity index (χ4n) is 7.89. The zero-order chi connectivity index (χ0) is 20.1. The first kappa shape index (κ1) is 18.2. The Morgan fingerprint density at radius 3 is 2.39 bits per heavy atom. The lowest BCUT2D eigenvalue weighted by molar-refractivity contribution is -0.260. The van der Waals surface area contributed by atoms with Crippen LogP contribution in [0.15, 0.2) is 18.3 Å². The number of nitrogens with zero attached hydrogens (tertiary/aromatic N) is 1. The first-order valence-corrected chi connectivity index (χ1v) is 10.8. The van der Waals surface area contributed by atoms with Crippen molar-refractivity contribution in [1.29, 1.82) is 0 Å². The highest BCUT2D eigenvalue weighted by atomic mass is 16.2. The van der Waals surface area contributed by atoms with Gasteiger partial charge in [0.25, 0.3) is 5.91 Å². The summed E-state index contributed by atoms with van der Waals surface area (Å²) in [5.74, 6) is 1.90. The van der Waals surface area contributed by atoms with E-state index in [0.717, 1.165) is 17.5 Å². The standard InChI is InChI=1S/C24H33N3O/c1-22(2)17-12-18(24(5,6)21(22)23(17,3)4)27-20(28)16-11-15-14(13-7-8-13)9-10-25-19(15)26-16/h9-11,13,17-18,21H,7-8,12H2,1-6H3,(H,25,26)(H,27,28)/t17?,18-,21?/m0/s1. The van der Waals surface area contributed by atoms with Gasteiger partial charge in [-0.25, -0.2) is 4.98 Å². The Morgan fingerprint density at radius 1 is 1.11 bits per heavy atom. The molecule has 0 spiro atoms. The number of nitrogens with one attached hydrogen (secondary N) is 2. The van der Waals surface area contributed by atoms with Gasteiger partial charge < -0.3 is 10.3 Å². The summed E-state index contributed by atoms with van der Waals surface area (Å²) < 4.78 is 0. The van der Waals surface area contributed by atoms with Crippen molar-refractivity contribution in [2.45, 2.75) is 72.8 Å². The maximum Gasteiger partial charge on any atom is 0.268 e. The Kier molecular flexibility index (Phi) is 3.51. The summed E-state index contributed by atoms with van der Waals surface area (Å²) in [6.45, 7) is 14.3. The summed E-state index contributed by atoms with van der Waals surface area (Å²) in [5, 5.41) is 4.50. The van der Waals surface area contributed by atoms with Crippen LogP contribution in [0.1, 0.15) is 82.8 Å². The van der Waals surface area contributed by atoms with Crippen LogP contribution in [0.25, 0.3) is 11.0 Å². The van der Waals surface area contributed by atoms with E-state index in [1.54, 1.807) is 0 Å². The van der Waals surface area contributed by atoms with Crippen LogP contribution < -0.4 is 5.32 Å². The number of pyridine rings is 1. The minimum absolute atomic E-state index is 0.00901. The van der Waals surface area contributed by atoms with Gasteiger partial charge >= 0.3 is 0 Å². The highest BCUT2D eigenvalue weighted by Gasteiger charge is 2.70. The molecule has 2 aromatic heterocycles. The van der Waals surface area contributed by atoms with Crippen LogP contribution in [0.4, 0.5) is 0 Å². The zero-order valence-electron chi connectivity index (χ0n) is 18.0. The molecule has 0 radical (unpaired) electrons. The van der Waals surface area contributed by atoms with Crippen molar-refractivity contribution in [3.8, 4) is 0 Å². The van der Waals surface area contributed by atoms with Crippen molar-refractivity contribution in [2.75, 3.05) is 0 Å². The number of carbonyl (C=O) groups excluding carboxylic acids is 1. The Bertz CT molecular complexity index is 947. The van der Waals surface area contributed by atoms with Gasteiger partial charge in [0.05, 0.1) is 0 Å². The molecule has 4 aliphatic rings.